The number of aryl methyl sites for hydroxylation is 1. The summed E-state index contributed by atoms with van der Waals surface area (Å²) in [7, 11) is 0. The highest BCUT2D eigenvalue weighted by molar-refractivity contribution is 5.40. The van der Waals surface area contributed by atoms with Gasteiger partial charge in [-0.05, 0) is 62.8 Å². The van der Waals surface area contributed by atoms with E-state index in [1.54, 1.807) is 0 Å². The third kappa shape index (κ3) is 2.81. The lowest BCUT2D eigenvalue weighted by atomic mass is 9.90. The van der Waals surface area contributed by atoms with E-state index in [0.29, 0.717) is 5.92 Å². The van der Waals surface area contributed by atoms with E-state index in [9.17, 15) is 0 Å². The van der Waals surface area contributed by atoms with Crippen molar-refractivity contribution in [1.29, 1.82) is 0 Å². The van der Waals surface area contributed by atoms with Gasteiger partial charge in [-0.15, -0.1) is 0 Å². The zero-order valence-corrected chi connectivity index (χ0v) is 11.1. The number of fused-ring (bicyclic) bond motifs is 1. The molecule has 17 heavy (non-hydrogen) atoms. The van der Waals surface area contributed by atoms with Crippen LogP contribution in [0.1, 0.15) is 50.7 Å². The molecule has 0 aromatic heterocycles. The van der Waals surface area contributed by atoms with E-state index in [-0.39, 0.29) is 5.60 Å². The molecule has 0 aliphatic carbocycles. The lowest BCUT2D eigenvalue weighted by Crippen LogP contribution is -2.32. The molecule has 1 atom stereocenters. The minimum Gasteiger partial charge on any atom is -0.488 e. The van der Waals surface area contributed by atoms with E-state index in [1.165, 1.54) is 11.1 Å². The fourth-order valence-electron chi connectivity index (χ4n) is 2.40. The fourth-order valence-corrected chi connectivity index (χ4v) is 2.40. The van der Waals surface area contributed by atoms with Crippen LogP contribution in [0.4, 0.5) is 0 Å². The molecular formula is C15H23NO. The minimum atomic E-state index is -0.0165. The van der Waals surface area contributed by atoms with Gasteiger partial charge >= 0.3 is 0 Å². The van der Waals surface area contributed by atoms with Gasteiger partial charge in [0.15, 0.2) is 0 Å². The van der Waals surface area contributed by atoms with Gasteiger partial charge in [0.1, 0.15) is 11.4 Å². The van der Waals surface area contributed by atoms with E-state index in [1.807, 2.05) is 0 Å². The first-order chi connectivity index (χ1) is 8.02. The summed E-state index contributed by atoms with van der Waals surface area (Å²) in [5, 5.41) is 0. The van der Waals surface area contributed by atoms with Gasteiger partial charge in [-0.2, -0.15) is 0 Å². The van der Waals surface area contributed by atoms with Gasteiger partial charge in [-0.25, -0.2) is 0 Å². The number of nitrogens with two attached hydrogens (primary N) is 1. The maximum Gasteiger partial charge on any atom is 0.123 e. The van der Waals surface area contributed by atoms with E-state index in [4.69, 9.17) is 10.5 Å². The quantitative estimate of drug-likeness (QED) is 0.870. The molecule has 1 aromatic carbocycles. The molecule has 2 N–H and O–H groups in total. The molecule has 0 spiro atoms. The summed E-state index contributed by atoms with van der Waals surface area (Å²) in [6.45, 7) is 7.30. The van der Waals surface area contributed by atoms with Crippen LogP contribution in [0.15, 0.2) is 18.2 Å². The van der Waals surface area contributed by atoms with Gasteiger partial charge in [0, 0.05) is 0 Å². The van der Waals surface area contributed by atoms with Crippen LogP contribution in [0.25, 0.3) is 0 Å². The Morgan fingerprint density at radius 2 is 2.18 bits per heavy atom. The van der Waals surface area contributed by atoms with Gasteiger partial charge in [0.05, 0.1) is 0 Å². The van der Waals surface area contributed by atoms with Crippen molar-refractivity contribution in [2.75, 3.05) is 6.54 Å². The first-order valence-corrected chi connectivity index (χ1v) is 6.54. The molecule has 1 aromatic rings. The van der Waals surface area contributed by atoms with Crippen molar-refractivity contribution in [2.24, 2.45) is 5.73 Å². The predicted molar refractivity (Wildman–Crippen MR) is 71.6 cm³/mol. The molecule has 0 radical (unpaired) electrons. The van der Waals surface area contributed by atoms with Gasteiger partial charge < -0.3 is 10.5 Å². The molecule has 2 nitrogen and oxygen atoms in total. The Kier molecular flexibility index (Phi) is 3.43. The number of hydrogen-bond acceptors (Lipinski definition) is 2. The van der Waals surface area contributed by atoms with Crippen LogP contribution in [0.5, 0.6) is 5.75 Å². The summed E-state index contributed by atoms with van der Waals surface area (Å²) in [5.74, 6) is 1.60. The van der Waals surface area contributed by atoms with Crippen molar-refractivity contribution in [3.05, 3.63) is 29.3 Å². The Bertz CT molecular complexity index is 398. The molecule has 1 unspecified atom stereocenters. The summed E-state index contributed by atoms with van der Waals surface area (Å²) < 4.78 is 5.99. The number of hydrogen-bond donors (Lipinski definition) is 1. The molecule has 0 bridgehead atoms. The van der Waals surface area contributed by atoms with Crippen molar-refractivity contribution in [1.82, 2.24) is 0 Å². The maximum absolute atomic E-state index is 5.99. The predicted octanol–water partition coefficient (Wildman–Crippen LogP) is 3.24. The van der Waals surface area contributed by atoms with Gasteiger partial charge in [-0.1, -0.05) is 19.1 Å². The highest BCUT2D eigenvalue weighted by Gasteiger charge is 2.26. The Morgan fingerprint density at radius 3 is 2.88 bits per heavy atom. The molecule has 0 fully saturated rings. The van der Waals surface area contributed by atoms with Gasteiger partial charge in [0.2, 0.25) is 0 Å². The van der Waals surface area contributed by atoms with Crippen molar-refractivity contribution >= 4 is 0 Å². The Balaban J connectivity index is 2.21. The largest absolute Gasteiger partial charge is 0.488 e. The van der Waals surface area contributed by atoms with Crippen molar-refractivity contribution in [2.45, 2.75) is 51.6 Å². The van der Waals surface area contributed by atoms with Crippen molar-refractivity contribution in [3.63, 3.8) is 0 Å². The molecule has 94 valence electrons. The summed E-state index contributed by atoms with van der Waals surface area (Å²) in [6, 6.07) is 6.60. The monoisotopic (exact) mass is 233 g/mol. The first kappa shape index (κ1) is 12.4. The Hall–Kier alpha value is -1.02. The van der Waals surface area contributed by atoms with E-state index in [2.05, 4.69) is 39.0 Å². The highest BCUT2D eigenvalue weighted by atomic mass is 16.5. The zero-order chi connectivity index (χ0) is 12.5. The normalized spacial score (nSPS) is 19.3. The summed E-state index contributed by atoms with van der Waals surface area (Å²) in [5.41, 5.74) is 8.34. The van der Waals surface area contributed by atoms with Crippen LogP contribution >= 0.6 is 0 Å². The second kappa shape index (κ2) is 4.69. The fraction of sp³-hybridized carbons (Fsp3) is 0.600. The van der Waals surface area contributed by atoms with Crippen LogP contribution in [0, 0.1) is 0 Å². The van der Waals surface area contributed by atoms with E-state index >= 15 is 0 Å². The Morgan fingerprint density at radius 1 is 1.41 bits per heavy atom. The van der Waals surface area contributed by atoms with Gasteiger partial charge in [-0.3, -0.25) is 0 Å². The molecule has 1 aliphatic rings. The van der Waals surface area contributed by atoms with E-state index < -0.39 is 0 Å². The SMILES string of the molecule is CC(CCN)c1ccc2c(c1)CCC(C)(C)O2. The second-order valence-electron chi connectivity index (χ2n) is 5.71. The lowest BCUT2D eigenvalue weighted by molar-refractivity contribution is 0.0846. The highest BCUT2D eigenvalue weighted by Crippen LogP contribution is 2.35. The van der Waals surface area contributed by atoms with Crippen LogP contribution < -0.4 is 10.5 Å². The molecule has 2 heteroatoms. The molecule has 0 amide bonds. The van der Waals surface area contributed by atoms with Crippen molar-refractivity contribution < 1.29 is 4.74 Å². The summed E-state index contributed by atoms with van der Waals surface area (Å²) in [4.78, 5) is 0. The minimum absolute atomic E-state index is 0.0165. The molecule has 1 heterocycles. The van der Waals surface area contributed by atoms with Crippen LogP contribution in [-0.4, -0.2) is 12.1 Å². The maximum atomic E-state index is 5.99. The zero-order valence-electron chi connectivity index (χ0n) is 11.1. The third-order valence-corrected chi connectivity index (χ3v) is 3.64. The molecule has 2 rings (SSSR count). The van der Waals surface area contributed by atoms with Crippen LogP contribution in [0.2, 0.25) is 0 Å². The van der Waals surface area contributed by atoms with Gasteiger partial charge in [0.25, 0.3) is 0 Å². The molecule has 0 saturated carbocycles. The summed E-state index contributed by atoms with van der Waals surface area (Å²) >= 11 is 0. The number of ether oxygens (including phenoxy) is 1. The van der Waals surface area contributed by atoms with E-state index in [0.717, 1.165) is 31.6 Å². The van der Waals surface area contributed by atoms with Crippen LogP contribution in [0.3, 0.4) is 0 Å². The first-order valence-electron chi connectivity index (χ1n) is 6.54. The smallest absolute Gasteiger partial charge is 0.123 e. The third-order valence-electron chi connectivity index (χ3n) is 3.64. The standard InChI is InChI=1S/C15H23NO/c1-11(7-9-16)12-4-5-14-13(10-12)6-8-15(2,3)17-14/h4-5,10-11H,6-9,16H2,1-3H3. The lowest BCUT2D eigenvalue weighted by Gasteiger charge is -2.33. The number of benzene rings is 1. The average Bonchev–Trinajstić information content (AvgIpc) is 2.27. The second-order valence-corrected chi connectivity index (χ2v) is 5.71. The molecule has 0 saturated heterocycles. The van der Waals surface area contributed by atoms with Crippen LogP contribution in [-0.2, 0) is 6.42 Å². The van der Waals surface area contributed by atoms with Crippen molar-refractivity contribution in [3.8, 4) is 5.75 Å². The average molecular weight is 233 g/mol. The Labute approximate surface area is 104 Å². The summed E-state index contributed by atoms with van der Waals surface area (Å²) in [6.07, 6.45) is 3.26. The molecular weight excluding hydrogens is 210 g/mol. The topological polar surface area (TPSA) is 35.2 Å². The number of rotatable bonds is 3. The molecule has 1 aliphatic heterocycles.